The van der Waals surface area contributed by atoms with Gasteiger partial charge in [0.05, 0.1) is 0 Å². The van der Waals surface area contributed by atoms with E-state index >= 15 is 0 Å². The molecule has 0 atom stereocenters. The number of hydrogen-bond donors (Lipinski definition) is 0. The van der Waals surface area contributed by atoms with Gasteiger partial charge in [0.15, 0.2) is 17.5 Å². The maximum absolute atomic E-state index is 6.60. The minimum atomic E-state index is -0.103. The lowest BCUT2D eigenvalue weighted by molar-refractivity contribution is 0.660. The number of hydrogen-bond acceptors (Lipinski definition) is 4. The Kier molecular flexibility index (Phi) is 8.80. The predicted molar refractivity (Wildman–Crippen MR) is 263 cm³/mol. The van der Waals surface area contributed by atoms with Gasteiger partial charge in [0.1, 0.15) is 11.2 Å². The summed E-state index contributed by atoms with van der Waals surface area (Å²) in [7, 11) is 0. The number of furan rings is 1. The molecule has 0 fully saturated rings. The Morgan fingerprint density at radius 1 is 0.312 bits per heavy atom. The number of nitrogens with zero attached hydrogens (tertiary/aromatic N) is 3. The smallest absolute Gasteiger partial charge is 0.164 e. The molecule has 0 aliphatic heterocycles. The largest absolute Gasteiger partial charge is 0.456 e. The molecular weight excluding hydrogens is 779 g/mol. The van der Waals surface area contributed by atoms with Crippen LogP contribution in [-0.4, -0.2) is 15.0 Å². The average molecular weight is 820 g/mol. The van der Waals surface area contributed by atoms with Gasteiger partial charge in [-0.05, 0) is 115 Å². The second-order valence-electron chi connectivity index (χ2n) is 17.2. The summed E-state index contributed by atoms with van der Waals surface area (Å²) >= 11 is 0. The van der Waals surface area contributed by atoms with Gasteiger partial charge in [-0.3, -0.25) is 0 Å². The lowest BCUT2D eigenvalue weighted by Crippen LogP contribution is -2.14. The Labute approximate surface area is 372 Å². The monoisotopic (exact) mass is 819 g/mol. The quantitative estimate of drug-likeness (QED) is 0.161. The van der Waals surface area contributed by atoms with Crippen molar-refractivity contribution in [3.8, 4) is 89.8 Å². The fraction of sp³-hybridized carbons (Fsp3) is 0.0500. The highest BCUT2D eigenvalue weighted by atomic mass is 16.3. The van der Waals surface area contributed by atoms with Crippen LogP contribution in [-0.2, 0) is 5.41 Å². The van der Waals surface area contributed by atoms with E-state index in [2.05, 4.69) is 202 Å². The van der Waals surface area contributed by atoms with Crippen molar-refractivity contribution in [1.82, 2.24) is 15.0 Å². The van der Waals surface area contributed by atoms with Gasteiger partial charge < -0.3 is 4.42 Å². The molecule has 4 nitrogen and oxygen atoms in total. The molecule has 0 saturated carbocycles. The summed E-state index contributed by atoms with van der Waals surface area (Å²) in [5, 5.41) is 2.14. The molecule has 9 aromatic carbocycles. The van der Waals surface area contributed by atoms with Gasteiger partial charge in [0, 0.05) is 32.9 Å². The van der Waals surface area contributed by atoms with Crippen molar-refractivity contribution in [3.05, 3.63) is 223 Å². The van der Waals surface area contributed by atoms with Gasteiger partial charge in [0.2, 0.25) is 0 Å². The van der Waals surface area contributed by atoms with Crippen LogP contribution >= 0.6 is 0 Å². The van der Waals surface area contributed by atoms with E-state index in [-0.39, 0.29) is 5.41 Å². The van der Waals surface area contributed by atoms with Crippen LogP contribution in [0.1, 0.15) is 25.0 Å². The molecule has 1 aliphatic rings. The normalized spacial score (nSPS) is 12.7. The Morgan fingerprint density at radius 2 is 0.797 bits per heavy atom. The molecule has 64 heavy (non-hydrogen) atoms. The molecule has 2 aromatic heterocycles. The van der Waals surface area contributed by atoms with Crippen molar-refractivity contribution in [2.24, 2.45) is 0 Å². The second-order valence-corrected chi connectivity index (χ2v) is 17.2. The van der Waals surface area contributed by atoms with E-state index in [4.69, 9.17) is 19.4 Å². The van der Waals surface area contributed by atoms with Crippen molar-refractivity contribution in [2.75, 3.05) is 0 Å². The fourth-order valence-electron chi connectivity index (χ4n) is 9.66. The van der Waals surface area contributed by atoms with Crippen molar-refractivity contribution < 1.29 is 4.42 Å². The molecule has 0 spiro atoms. The van der Waals surface area contributed by atoms with E-state index < -0.39 is 0 Å². The fourth-order valence-corrected chi connectivity index (χ4v) is 9.66. The third kappa shape index (κ3) is 6.42. The molecule has 4 heteroatoms. The minimum Gasteiger partial charge on any atom is -0.456 e. The van der Waals surface area contributed by atoms with E-state index in [1.54, 1.807) is 0 Å². The molecule has 2 heterocycles. The Morgan fingerprint density at radius 3 is 1.50 bits per heavy atom. The first-order valence-corrected chi connectivity index (χ1v) is 21.8. The summed E-state index contributed by atoms with van der Waals surface area (Å²) in [4.78, 5) is 15.9. The third-order valence-corrected chi connectivity index (χ3v) is 12.9. The zero-order chi connectivity index (χ0) is 42.8. The second kappa shape index (κ2) is 15.0. The third-order valence-electron chi connectivity index (χ3n) is 12.9. The van der Waals surface area contributed by atoms with Gasteiger partial charge in [-0.25, -0.2) is 15.0 Å². The highest BCUT2D eigenvalue weighted by molar-refractivity contribution is 6.13. The molecule has 0 saturated heterocycles. The van der Waals surface area contributed by atoms with Crippen LogP contribution in [0.15, 0.2) is 217 Å². The van der Waals surface area contributed by atoms with Gasteiger partial charge in [0.25, 0.3) is 0 Å². The summed E-state index contributed by atoms with van der Waals surface area (Å²) in [6.45, 7) is 4.65. The molecule has 0 radical (unpaired) electrons. The van der Waals surface area contributed by atoms with Gasteiger partial charge in [-0.15, -0.1) is 0 Å². The molecule has 1 aliphatic carbocycles. The first-order chi connectivity index (χ1) is 31.4. The van der Waals surface area contributed by atoms with Gasteiger partial charge in [-0.1, -0.05) is 178 Å². The van der Waals surface area contributed by atoms with Crippen LogP contribution in [0.5, 0.6) is 0 Å². The molecule has 0 bridgehead atoms. The van der Waals surface area contributed by atoms with Crippen LogP contribution in [0.3, 0.4) is 0 Å². The lowest BCUT2D eigenvalue weighted by atomic mass is 9.81. The predicted octanol–water partition coefficient (Wildman–Crippen LogP) is 15.7. The molecule has 12 rings (SSSR count). The molecule has 11 aromatic rings. The Hall–Kier alpha value is -8.21. The summed E-state index contributed by atoms with van der Waals surface area (Å²) < 4.78 is 6.60. The number of benzene rings is 9. The standard InChI is InChI=1S/C60H41N3O/c1-60(2)52-26-13-12-24-49(52)50-30-28-42(36-53(50)60)41-22-14-23-43(32-41)57-61-58(44-29-31-51-55(37-44)64-54-27-15-25-48(56(51)54)40-20-10-5-11-21-40)63-59(62-57)47-34-45(38-16-6-3-7-17-38)33-46(35-47)39-18-8-4-9-19-39/h3-37H,1-2H3. The van der Waals surface area contributed by atoms with E-state index in [9.17, 15) is 0 Å². The molecule has 0 amide bonds. The van der Waals surface area contributed by atoms with Crippen LogP contribution < -0.4 is 0 Å². The molecular formula is C60H41N3O. The summed E-state index contributed by atoms with van der Waals surface area (Å²) in [5.74, 6) is 1.76. The van der Waals surface area contributed by atoms with Crippen molar-refractivity contribution in [2.45, 2.75) is 19.3 Å². The summed E-state index contributed by atoms with van der Waals surface area (Å²) in [6.07, 6.45) is 0. The molecule has 0 N–H and O–H groups in total. The van der Waals surface area contributed by atoms with Crippen molar-refractivity contribution >= 4 is 21.9 Å². The van der Waals surface area contributed by atoms with Crippen LogP contribution in [0.4, 0.5) is 0 Å². The van der Waals surface area contributed by atoms with Crippen molar-refractivity contribution in [3.63, 3.8) is 0 Å². The highest BCUT2D eigenvalue weighted by Gasteiger charge is 2.35. The maximum atomic E-state index is 6.60. The zero-order valence-electron chi connectivity index (χ0n) is 35.5. The lowest BCUT2D eigenvalue weighted by Gasteiger charge is -2.22. The van der Waals surface area contributed by atoms with Crippen molar-refractivity contribution in [1.29, 1.82) is 0 Å². The van der Waals surface area contributed by atoms with Crippen LogP contribution in [0.25, 0.3) is 112 Å². The first-order valence-electron chi connectivity index (χ1n) is 21.8. The van der Waals surface area contributed by atoms with Crippen LogP contribution in [0.2, 0.25) is 0 Å². The number of aromatic nitrogens is 3. The van der Waals surface area contributed by atoms with E-state index in [0.29, 0.717) is 17.5 Å². The zero-order valence-corrected chi connectivity index (χ0v) is 35.5. The van der Waals surface area contributed by atoms with E-state index in [0.717, 1.165) is 83.1 Å². The topological polar surface area (TPSA) is 51.8 Å². The first kappa shape index (κ1) is 37.5. The van der Waals surface area contributed by atoms with Crippen LogP contribution in [0, 0.1) is 0 Å². The van der Waals surface area contributed by atoms with Gasteiger partial charge in [-0.2, -0.15) is 0 Å². The highest BCUT2D eigenvalue weighted by Crippen LogP contribution is 2.49. The Balaban J connectivity index is 1.03. The minimum absolute atomic E-state index is 0.103. The number of rotatable bonds is 7. The maximum Gasteiger partial charge on any atom is 0.164 e. The summed E-state index contributed by atoms with van der Waals surface area (Å²) in [6, 6.07) is 75.0. The molecule has 0 unspecified atom stereocenters. The number of fused-ring (bicyclic) bond motifs is 6. The SMILES string of the molecule is CC1(C)c2ccccc2-c2ccc(-c3cccc(-c4nc(-c5cc(-c6ccccc6)cc(-c6ccccc6)c5)nc(-c5ccc6c(c5)oc5cccc(-c7ccccc7)c56)n4)c3)cc21. The summed E-state index contributed by atoms with van der Waals surface area (Å²) in [5.41, 5.74) is 18.4. The Bertz CT molecular complexity index is 3510. The average Bonchev–Trinajstić information content (AvgIpc) is 3.85. The van der Waals surface area contributed by atoms with E-state index in [1.807, 2.05) is 24.3 Å². The molecule has 302 valence electrons. The van der Waals surface area contributed by atoms with Gasteiger partial charge >= 0.3 is 0 Å². The van der Waals surface area contributed by atoms with E-state index in [1.165, 1.54) is 22.3 Å².